The molecular formula is C16H26O4. The van der Waals surface area contributed by atoms with Gasteiger partial charge in [-0.15, -0.1) is 0 Å². The van der Waals surface area contributed by atoms with Crippen LogP contribution in [0, 0.1) is 5.92 Å². The monoisotopic (exact) mass is 282 g/mol. The van der Waals surface area contributed by atoms with Gasteiger partial charge in [0.05, 0.1) is 33.0 Å². The van der Waals surface area contributed by atoms with Crippen molar-refractivity contribution in [2.75, 3.05) is 21.3 Å². The lowest BCUT2D eigenvalue weighted by Gasteiger charge is -2.22. The predicted molar refractivity (Wildman–Crippen MR) is 79.7 cm³/mol. The lowest BCUT2D eigenvalue weighted by molar-refractivity contribution is 0.134. The van der Waals surface area contributed by atoms with Crippen LogP contribution in [0.4, 0.5) is 0 Å². The van der Waals surface area contributed by atoms with Crippen molar-refractivity contribution in [3.8, 4) is 17.2 Å². The zero-order valence-corrected chi connectivity index (χ0v) is 13.1. The Morgan fingerprint density at radius 3 is 1.80 bits per heavy atom. The van der Waals surface area contributed by atoms with Gasteiger partial charge in [0.15, 0.2) is 0 Å². The molecule has 114 valence electrons. The summed E-state index contributed by atoms with van der Waals surface area (Å²) in [5.74, 6) is 2.33. The fourth-order valence-corrected chi connectivity index (χ4v) is 2.42. The summed E-state index contributed by atoms with van der Waals surface area (Å²) in [7, 11) is 4.76. The smallest absolute Gasteiger partial charge is 0.132 e. The molecule has 1 aromatic rings. The van der Waals surface area contributed by atoms with Crippen molar-refractivity contribution >= 4 is 0 Å². The zero-order valence-electron chi connectivity index (χ0n) is 13.1. The van der Waals surface area contributed by atoms with E-state index in [1.54, 1.807) is 33.5 Å². The highest BCUT2D eigenvalue weighted by Gasteiger charge is 2.22. The number of ether oxygens (including phenoxy) is 3. The quantitative estimate of drug-likeness (QED) is 0.792. The van der Waals surface area contributed by atoms with Gasteiger partial charge < -0.3 is 19.3 Å². The molecule has 0 aromatic heterocycles. The lowest BCUT2D eigenvalue weighted by Crippen LogP contribution is -2.09. The van der Waals surface area contributed by atoms with Crippen LogP contribution >= 0.6 is 0 Å². The van der Waals surface area contributed by atoms with E-state index in [0.29, 0.717) is 35.2 Å². The molecule has 0 saturated heterocycles. The predicted octanol–water partition coefficient (Wildman–Crippen LogP) is 3.57. The summed E-state index contributed by atoms with van der Waals surface area (Å²) in [6.07, 6.45) is 2.20. The van der Waals surface area contributed by atoms with Crippen LogP contribution in [0.25, 0.3) is 0 Å². The third-order valence-corrected chi connectivity index (χ3v) is 3.80. The Morgan fingerprint density at radius 2 is 1.45 bits per heavy atom. The summed E-state index contributed by atoms with van der Waals surface area (Å²) in [6, 6.07) is 3.54. The van der Waals surface area contributed by atoms with Crippen LogP contribution in [-0.2, 0) is 0 Å². The van der Waals surface area contributed by atoms with E-state index in [9.17, 15) is 5.11 Å². The normalized spacial score (nSPS) is 12.3. The van der Waals surface area contributed by atoms with Crippen molar-refractivity contribution < 1.29 is 19.3 Å². The first-order valence-electron chi connectivity index (χ1n) is 7.09. The minimum absolute atomic E-state index is 0.488. The van der Waals surface area contributed by atoms with Crippen molar-refractivity contribution in [2.45, 2.75) is 39.2 Å². The number of rotatable bonds is 8. The molecule has 1 rings (SSSR count). The third-order valence-electron chi connectivity index (χ3n) is 3.80. The first-order chi connectivity index (χ1) is 9.60. The van der Waals surface area contributed by atoms with Crippen molar-refractivity contribution in [2.24, 2.45) is 5.92 Å². The molecule has 4 nitrogen and oxygen atoms in total. The van der Waals surface area contributed by atoms with Crippen LogP contribution in [-0.4, -0.2) is 26.4 Å². The SMILES string of the molecule is CCC(CC)CC(O)c1c(OC)cc(OC)cc1OC. The molecule has 1 atom stereocenters. The van der Waals surface area contributed by atoms with Gasteiger partial charge in [-0.05, 0) is 12.3 Å². The van der Waals surface area contributed by atoms with E-state index in [0.717, 1.165) is 12.8 Å². The summed E-state index contributed by atoms with van der Waals surface area (Å²) < 4.78 is 16.0. The van der Waals surface area contributed by atoms with Crippen LogP contribution in [0.5, 0.6) is 17.2 Å². The van der Waals surface area contributed by atoms with Crippen LogP contribution in [0.1, 0.15) is 44.8 Å². The van der Waals surface area contributed by atoms with Gasteiger partial charge >= 0.3 is 0 Å². The van der Waals surface area contributed by atoms with E-state index in [2.05, 4.69) is 13.8 Å². The molecule has 0 aliphatic carbocycles. The second kappa shape index (κ2) is 8.00. The Balaban J connectivity index is 3.13. The molecule has 0 bridgehead atoms. The summed E-state index contributed by atoms with van der Waals surface area (Å²) in [5, 5.41) is 10.5. The molecule has 0 saturated carbocycles. The van der Waals surface area contributed by atoms with E-state index in [4.69, 9.17) is 14.2 Å². The van der Waals surface area contributed by atoms with Gasteiger partial charge in [-0.1, -0.05) is 26.7 Å². The maximum atomic E-state index is 10.5. The molecule has 0 heterocycles. The van der Waals surface area contributed by atoms with Crippen LogP contribution in [0.2, 0.25) is 0 Å². The Hall–Kier alpha value is -1.42. The van der Waals surface area contributed by atoms with E-state index in [1.165, 1.54) is 0 Å². The topological polar surface area (TPSA) is 47.9 Å². The highest BCUT2D eigenvalue weighted by molar-refractivity contribution is 5.51. The standard InChI is InChI=1S/C16H26O4/c1-6-11(7-2)8-13(17)16-14(19-4)9-12(18-3)10-15(16)20-5/h9-11,13,17H,6-8H2,1-5H3. The van der Waals surface area contributed by atoms with Gasteiger partial charge in [0.1, 0.15) is 17.2 Å². The van der Waals surface area contributed by atoms with E-state index < -0.39 is 6.10 Å². The largest absolute Gasteiger partial charge is 0.496 e. The van der Waals surface area contributed by atoms with E-state index >= 15 is 0 Å². The first-order valence-corrected chi connectivity index (χ1v) is 7.09. The summed E-state index contributed by atoms with van der Waals surface area (Å²) in [6.45, 7) is 4.28. The minimum atomic E-state index is -0.601. The van der Waals surface area contributed by atoms with Crippen molar-refractivity contribution in [3.05, 3.63) is 17.7 Å². The van der Waals surface area contributed by atoms with Gasteiger partial charge in [-0.2, -0.15) is 0 Å². The second-order valence-electron chi connectivity index (χ2n) is 4.88. The van der Waals surface area contributed by atoms with Gasteiger partial charge in [0, 0.05) is 12.1 Å². The fraction of sp³-hybridized carbons (Fsp3) is 0.625. The Labute approximate surface area is 121 Å². The minimum Gasteiger partial charge on any atom is -0.496 e. The fourth-order valence-electron chi connectivity index (χ4n) is 2.42. The van der Waals surface area contributed by atoms with Crippen molar-refractivity contribution in [1.82, 2.24) is 0 Å². The van der Waals surface area contributed by atoms with E-state index in [1.807, 2.05) is 0 Å². The molecule has 0 radical (unpaired) electrons. The molecule has 0 fully saturated rings. The molecule has 1 unspecified atom stereocenters. The highest BCUT2D eigenvalue weighted by atomic mass is 16.5. The van der Waals surface area contributed by atoms with Crippen LogP contribution in [0.15, 0.2) is 12.1 Å². The van der Waals surface area contributed by atoms with E-state index in [-0.39, 0.29) is 0 Å². The number of benzene rings is 1. The third kappa shape index (κ3) is 3.79. The molecule has 1 aromatic carbocycles. The molecule has 20 heavy (non-hydrogen) atoms. The maximum absolute atomic E-state index is 10.5. The molecular weight excluding hydrogens is 256 g/mol. The molecule has 0 spiro atoms. The number of hydrogen-bond donors (Lipinski definition) is 1. The van der Waals surface area contributed by atoms with Gasteiger partial charge in [-0.3, -0.25) is 0 Å². The number of aliphatic hydroxyl groups is 1. The Bertz CT molecular complexity index is 388. The Morgan fingerprint density at radius 1 is 0.950 bits per heavy atom. The van der Waals surface area contributed by atoms with Gasteiger partial charge in [-0.25, -0.2) is 0 Å². The van der Waals surface area contributed by atoms with Crippen molar-refractivity contribution in [1.29, 1.82) is 0 Å². The number of aliphatic hydroxyl groups excluding tert-OH is 1. The zero-order chi connectivity index (χ0) is 15.1. The lowest BCUT2D eigenvalue weighted by atomic mass is 9.92. The summed E-state index contributed by atoms with van der Waals surface area (Å²) in [4.78, 5) is 0. The van der Waals surface area contributed by atoms with Crippen molar-refractivity contribution in [3.63, 3.8) is 0 Å². The molecule has 0 aliphatic rings. The molecule has 0 amide bonds. The molecule has 0 aliphatic heterocycles. The highest BCUT2D eigenvalue weighted by Crippen LogP contribution is 2.40. The number of hydrogen-bond acceptors (Lipinski definition) is 4. The van der Waals surface area contributed by atoms with Gasteiger partial charge in [0.2, 0.25) is 0 Å². The second-order valence-corrected chi connectivity index (χ2v) is 4.88. The summed E-state index contributed by atoms with van der Waals surface area (Å²) >= 11 is 0. The summed E-state index contributed by atoms with van der Waals surface area (Å²) in [5.41, 5.74) is 0.697. The number of methoxy groups -OCH3 is 3. The Kier molecular flexibility index (Phi) is 6.65. The van der Waals surface area contributed by atoms with Gasteiger partial charge in [0.25, 0.3) is 0 Å². The average molecular weight is 282 g/mol. The average Bonchev–Trinajstić information content (AvgIpc) is 2.50. The molecule has 1 N–H and O–H groups in total. The van der Waals surface area contributed by atoms with Crippen LogP contribution in [0.3, 0.4) is 0 Å². The molecule has 4 heteroatoms. The maximum Gasteiger partial charge on any atom is 0.132 e. The van der Waals surface area contributed by atoms with Crippen LogP contribution < -0.4 is 14.2 Å². The first kappa shape index (κ1) is 16.6.